The van der Waals surface area contributed by atoms with Crippen molar-refractivity contribution in [3.63, 3.8) is 0 Å². The number of carbonyl (C=O) groups excluding carboxylic acids is 3. The predicted octanol–water partition coefficient (Wildman–Crippen LogP) is 2.28. The van der Waals surface area contributed by atoms with Crippen molar-refractivity contribution in [1.29, 1.82) is 0 Å². The standard InChI is InChI=1S/C23H21N3O4/c1-3-30-23(29)16-12-15-14-10-7-11-24-20(14)25(2)19(15)18-17(16)21(27)26(22(18)28)13-8-5-4-6-9-13/h4-12,16-19H,3H2,1-2H3. The van der Waals surface area contributed by atoms with Crippen molar-refractivity contribution in [3.05, 3.63) is 60.3 Å². The number of amides is 2. The summed E-state index contributed by atoms with van der Waals surface area (Å²) >= 11 is 0. The van der Waals surface area contributed by atoms with Crippen molar-refractivity contribution >= 4 is 34.9 Å². The number of carbonyl (C=O) groups is 3. The molecule has 5 rings (SSSR count). The molecule has 1 aromatic carbocycles. The second-order valence-corrected chi connectivity index (χ2v) is 7.73. The van der Waals surface area contributed by atoms with Gasteiger partial charge in [0.2, 0.25) is 11.8 Å². The highest BCUT2D eigenvalue weighted by atomic mass is 16.5. The van der Waals surface area contributed by atoms with Crippen LogP contribution in [0.5, 0.6) is 0 Å². The first-order valence-corrected chi connectivity index (χ1v) is 10.0. The fraction of sp³-hybridized carbons (Fsp3) is 0.304. The van der Waals surface area contributed by atoms with Gasteiger partial charge in [0, 0.05) is 18.8 Å². The maximum atomic E-state index is 13.6. The van der Waals surface area contributed by atoms with Crippen molar-refractivity contribution in [2.75, 3.05) is 23.5 Å². The Bertz CT molecular complexity index is 1080. The molecule has 4 atom stereocenters. The maximum absolute atomic E-state index is 13.6. The Labute approximate surface area is 173 Å². The van der Waals surface area contributed by atoms with Gasteiger partial charge in [-0.1, -0.05) is 24.3 Å². The molecule has 2 aliphatic heterocycles. The van der Waals surface area contributed by atoms with Crippen molar-refractivity contribution in [1.82, 2.24) is 4.98 Å². The zero-order valence-corrected chi connectivity index (χ0v) is 16.7. The number of nitrogens with zero attached hydrogens (tertiary/aromatic N) is 3. The van der Waals surface area contributed by atoms with Crippen molar-refractivity contribution in [2.45, 2.75) is 13.0 Å². The molecule has 2 amide bonds. The molecule has 1 aliphatic carbocycles. The van der Waals surface area contributed by atoms with E-state index in [1.54, 1.807) is 37.4 Å². The molecule has 7 heteroatoms. The number of benzene rings is 1. The number of para-hydroxylation sites is 1. The van der Waals surface area contributed by atoms with Gasteiger partial charge in [-0.05, 0) is 36.8 Å². The molecule has 4 unspecified atom stereocenters. The Hall–Kier alpha value is -3.48. The van der Waals surface area contributed by atoms with Crippen LogP contribution >= 0.6 is 0 Å². The van der Waals surface area contributed by atoms with E-state index in [-0.39, 0.29) is 24.5 Å². The molecule has 0 saturated carbocycles. The van der Waals surface area contributed by atoms with Crippen LogP contribution in [0.1, 0.15) is 12.5 Å². The van der Waals surface area contributed by atoms with Crippen LogP contribution in [0.3, 0.4) is 0 Å². The largest absolute Gasteiger partial charge is 0.466 e. The second-order valence-electron chi connectivity index (χ2n) is 7.73. The van der Waals surface area contributed by atoms with Gasteiger partial charge in [0.1, 0.15) is 5.82 Å². The zero-order chi connectivity index (χ0) is 21.0. The molecule has 1 saturated heterocycles. The number of ether oxygens (including phenoxy) is 1. The molecule has 0 N–H and O–H groups in total. The fourth-order valence-electron chi connectivity index (χ4n) is 5.03. The van der Waals surface area contributed by atoms with Crippen LogP contribution in [-0.4, -0.2) is 42.5 Å². The summed E-state index contributed by atoms with van der Waals surface area (Å²) < 4.78 is 5.28. The van der Waals surface area contributed by atoms with Crippen molar-refractivity contribution in [3.8, 4) is 0 Å². The minimum Gasteiger partial charge on any atom is -0.466 e. The number of imide groups is 1. The summed E-state index contributed by atoms with van der Waals surface area (Å²) in [7, 11) is 1.88. The monoisotopic (exact) mass is 403 g/mol. The number of fused-ring (bicyclic) bond motifs is 5. The Kier molecular flexibility index (Phi) is 4.20. The number of aromatic nitrogens is 1. The van der Waals surface area contributed by atoms with Gasteiger partial charge in [0.25, 0.3) is 0 Å². The van der Waals surface area contributed by atoms with Crippen LogP contribution in [-0.2, 0) is 19.1 Å². The summed E-state index contributed by atoms with van der Waals surface area (Å²) in [5, 5.41) is 0. The Morgan fingerprint density at radius 1 is 1.07 bits per heavy atom. The molecule has 0 radical (unpaired) electrons. The average molecular weight is 403 g/mol. The molecule has 0 bridgehead atoms. The summed E-state index contributed by atoms with van der Waals surface area (Å²) in [6.45, 7) is 1.94. The van der Waals surface area contributed by atoms with E-state index in [2.05, 4.69) is 4.98 Å². The van der Waals surface area contributed by atoms with Gasteiger partial charge in [-0.25, -0.2) is 9.88 Å². The zero-order valence-electron chi connectivity index (χ0n) is 16.7. The van der Waals surface area contributed by atoms with Gasteiger partial charge >= 0.3 is 5.97 Å². The predicted molar refractivity (Wildman–Crippen MR) is 110 cm³/mol. The van der Waals surface area contributed by atoms with E-state index in [4.69, 9.17) is 4.74 Å². The maximum Gasteiger partial charge on any atom is 0.313 e. The molecule has 1 aromatic heterocycles. The Morgan fingerprint density at radius 3 is 2.53 bits per heavy atom. The lowest BCUT2D eigenvalue weighted by Gasteiger charge is -2.35. The second kappa shape index (κ2) is 6.79. The molecule has 30 heavy (non-hydrogen) atoms. The first kappa shape index (κ1) is 18.5. The van der Waals surface area contributed by atoms with Gasteiger partial charge in [-0.15, -0.1) is 0 Å². The first-order valence-electron chi connectivity index (χ1n) is 10.0. The summed E-state index contributed by atoms with van der Waals surface area (Å²) in [5.74, 6) is -2.69. The Balaban J connectivity index is 1.66. The molecule has 152 valence electrons. The van der Waals surface area contributed by atoms with E-state index in [0.29, 0.717) is 5.69 Å². The van der Waals surface area contributed by atoms with E-state index >= 15 is 0 Å². The van der Waals surface area contributed by atoms with Crippen LogP contribution in [0.2, 0.25) is 0 Å². The number of hydrogen-bond donors (Lipinski definition) is 0. The number of hydrogen-bond acceptors (Lipinski definition) is 6. The lowest BCUT2D eigenvalue weighted by Crippen LogP contribution is -2.47. The SMILES string of the molecule is CCOC(=O)C1C=C2c3cccnc3N(C)C2C2C(=O)N(c3ccccc3)C(=O)C12. The number of rotatable bonds is 3. The minimum absolute atomic E-state index is 0.210. The van der Waals surface area contributed by atoms with Crippen LogP contribution in [0.15, 0.2) is 54.7 Å². The normalized spacial score (nSPS) is 26.8. The first-order chi connectivity index (χ1) is 14.5. The van der Waals surface area contributed by atoms with Gasteiger partial charge in [0.15, 0.2) is 0 Å². The van der Waals surface area contributed by atoms with E-state index in [1.165, 1.54) is 4.90 Å². The van der Waals surface area contributed by atoms with Crippen LogP contribution < -0.4 is 9.80 Å². The molecule has 2 aromatic rings. The topological polar surface area (TPSA) is 79.8 Å². The highest BCUT2D eigenvalue weighted by Gasteiger charge is 2.61. The molecule has 0 spiro atoms. The summed E-state index contributed by atoms with van der Waals surface area (Å²) in [6.07, 6.45) is 3.51. The lowest BCUT2D eigenvalue weighted by molar-refractivity contribution is -0.150. The molecule has 3 heterocycles. The smallest absolute Gasteiger partial charge is 0.313 e. The highest BCUT2D eigenvalue weighted by Crippen LogP contribution is 2.52. The third-order valence-corrected chi connectivity index (χ3v) is 6.22. The quantitative estimate of drug-likeness (QED) is 0.578. The molecule has 1 fully saturated rings. The van der Waals surface area contributed by atoms with Crippen molar-refractivity contribution in [2.24, 2.45) is 17.8 Å². The summed E-state index contributed by atoms with van der Waals surface area (Å²) in [5.41, 5.74) is 2.26. The van der Waals surface area contributed by atoms with Crippen LogP contribution in [0.4, 0.5) is 11.5 Å². The van der Waals surface area contributed by atoms with Gasteiger partial charge in [-0.3, -0.25) is 14.4 Å². The molecule has 3 aliphatic rings. The third kappa shape index (κ3) is 2.44. The average Bonchev–Trinajstić information content (AvgIpc) is 3.20. The van der Waals surface area contributed by atoms with Gasteiger partial charge < -0.3 is 9.64 Å². The van der Waals surface area contributed by atoms with E-state index < -0.39 is 23.7 Å². The molecular weight excluding hydrogens is 382 g/mol. The number of esters is 1. The highest BCUT2D eigenvalue weighted by molar-refractivity contribution is 6.24. The van der Waals surface area contributed by atoms with E-state index in [9.17, 15) is 14.4 Å². The summed E-state index contributed by atoms with van der Waals surface area (Å²) in [4.78, 5) is 47.5. The van der Waals surface area contributed by atoms with E-state index in [0.717, 1.165) is 17.0 Å². The molecule has 7 nitrogen and oxygen atoms in total. The Morgan fingerprint density at radius 2 is 1.80 bits per heavy atom. The number of likely N-dealkylation sites (N-methyl/N-ethyl adjacent to an activating group) is 1. The van der Waals surface area contributed by atoms with Gasteiger partial charge in [-0.2, -0.15) is 0 Å². The van der Waals surface area contributed by atoms with Crippen LogP contribution in [0.25, 0.3) is 5.57 Å². The minimum atomic E-state index is -0.814. The van der Waals surface area contributed by atoms with Crippen molar-refractivity contribution < 1.29 is 19.1 Å². The number of pyridine rings is 1. The number of anilines is 2. The van der Waals surface area contributed by atoms with Crippen LogP contribution in [0, 0.1) is 17.8 Å². The third-order valence-electron chi connectivity index (χ3n) is 6.22. The summed E-state index contributed by atoms with van der Waals surface area (Å²) in [6, 6.07) is 12.3. The fourth-order valence-corrected chi connectivity index (χ4v) is 5.03. The van der Waals surface area contributed by atoms with Gasteiger partial charge in [0.05, 0.1) is 36.1 Å². The molecular formula is C23H21N3O4. The van der Waals surface area contributed by atoms with E-state index in [1.807, 2.05) is 36.2 Å². The lowest BCUT2D eigenvalue weighted by atomic mass is 9.71.